The van der Waals surface area contributed by atoms with Crippen LogP contribution in [0.15, 0.2) is 42.0 Å². The normalized spacial score (nSPS) is 28.4. The van der Waals surface area contributed by atoms with Crippen LogP contribution in [0.25, 0.3) is 10.8 Å². The van der Waals surface area contributed by atoms with Gasteiger partial charge in [0.05, 0.1) is 0 Å². The third-order valence-corrected chi connectivity index (χ3v) is 6.84. The van der Waals surface area contributed by atoms with Gasteiger partial charge < -0.3 is 0 Å². The highest BCUT2D eigenvalue weighted by molar-refractivity contribution is 5.85. The third kappa shape index (κ3) is 2.11. The van der Waals surface area contributed by atoms with Crippen molar-refractivity contribution in [1.29, 1.82) is 0 Å². The average molecular weight is 302 g/mol. The minimum Gasteiger partial charge on any atom is -0.0850 e. The smallest absolute Gasteiger partial charge is 0.0178 e. The molecule has 1 saturated carbocycles. The zero-order valence-corrected chi connectivity index (χ0v) is 14.2. The van der Waals surface area contributed by atoms with E-state index in [1.807, 2.05) is 0 Å². The minimum absolute atomic E-state index is 0.617. The molecule has 3 aliphatic carbocycles. The number of fused-ring (bicyclic) bond motifs is 5. The Morgan fingerprint density at radius 2 is 1.96 bits per heavy atom. The Bertz CT molecular complexity index is 810. The predicted octanol–water partition coefficient (Wildman–Crippen LogP) is 6.01. The van der Waals surface area contributed by atoms with Crippen molar-refractivity contribution in [3.63, 3.8) is 0 Å². The summed E-state index contributed by atoms with van der Waals surface area (Å²) in [5.74, 6) is 0.952. The molecule has 1 fully saturated rings. The fourth-order valence-electron chi connectivity index (χ4n) is 5.63. The molecule has 2 unspecified atom stereocenters. The summed E-state index contributed by atoms with van der Waals surface area (Å²) < 4.78 is 0. The zero-order valence-electron chi connectivity index (χ0n) is 14.2. The van der Waals surface area contributed by atoms with E-state index in [-0.39, 0.29) is 0 Å². The van der Waals surface area contributed by atoms with Gasteiger partial charge in [-0.15, -0.1) is 0 Å². The van der Waals surface area contributed by atoms with E-state index in [4.69, 9.17) is 0 Å². The van der Waals surface area contributed by atoms with Crippen LogP contribution in [0.1, 0.15) is 55.7 Å². The van der Waals surface area contributed by atoms with Crippen LogP contribution in [0.2, 0.25) is 0 Å². The molecule has 0 nitrogen and oxygen atoms in total. The number of rotatable bonds is 2. The Hall–Kier alpha value is -1.56. The first-order chi connectivity index (χ1) is 11.3. The van der Waals surface area contributed by atoms with Gasteiger partial charge in [0.2, 0.25) is 0 Å². The minimum atomic E-state index is 0.617. The largest absolute Gasteiger partial charge is 0.0850 e. The predicted molar refractivity (Wildman–Crippen MR) is 97.8 cm³/mol. The Morgan fingerprint density at radius 1 is 1.04 bits per heavy atom. The summed E-state index contributed by atoms with van der Waals surface area (Å²) in [5, 5.41) is 2.91. The molecular weight excluding hydrogens is 276 g/mol. The lowest BCUT2D eigenvalue weighted by atomic mass is 9.64. The van der Waals surface area contributed by atoms with Crippen molar-refractivity contribution in [2.45, 2.75) is 58.3 Å². The number of aryl methyl sites for hydroxylation is 2. The molecule has 0 aliphatic heterocycles. The van der Waals surface area contributed by atoms with E-state index in [1.165, 1.54) is 67.7 Å². The molecule has 0 heterocycles. The second-order valence-corrected chi connectivity index (χ2v) is 8.27. The quantitative estimate of drug-likeness (QED) is 0.596. The molecule has 0 heteroatoms. The lowest BCUT2D eigenvalue weighted by molar-refractivity contribution is 0.169. The molecule has 0 saturated heterocycles. The van der Waals surface area contributed by atoms with Gasteiger partial charge in [-0.2, -0.15) is 0 Å². The van der Waals surface area contributed by atoms with Crippen molar-refractivity contribution in [3.05, 3.63) is 58.7 Å². The highest BCUT2D eigenvalue weighted by Gasteiger charge is 2.48. The summed E-state index contributed by atoms with van der Waals surface area (Å²) in [5.41, 5.74) is 7.17. The summed E-state index contributed by atoms with van der Waals surface area (Å²) in [7, 11) is 0. The molecule has 0 aromatic heterocycles. The zero-order chi connectivity index (χ0) is 15.4. The second-order valence-electron chi connectivity index (χ2n) is 8.27. The topological polar surface area (TPSA) is 0 Å². The molecular formula is C23H26. The van der Waals surface area contributed by atoms with Crippen LogP contribution in [-0.2, 0) is 19.3 Å². The number of hydrogen-bond donors (Lipinski definition) is 0. The number of hydrogen-bond acceptors (Lipinski definition) is 0. The van der Waals surface area contributed by atoms with Crippen molar-refractivity contribution in [2.75, 3.05) is 0 Å². The van der Waals surface area contributed by atoms with Crippen LogP contribution >= 0.6 is 0 Å². The molecule has 2 aromatic carbocycles. The van der Waals surface area contributed by atoms with Gasteiger partial charge in [0.25, 0.3) is 0 Å². The molecule has 2 atom stereocenters. The fourth-order valence-corrected chi connectivity index (χ4v) is 5.63. The van der Waals surface area contributed by atoms with E-state index in [0.29, 0.717) is 5.41 Å². The van der Waals surface area contributed by atoms with Crippen LogP contribution in [0.5, 0.6) is 0 Å². The van der Waals surface area contributed by atoms with Crippen LogP contribution in [-0.4, -0.2) is 0 Å². The molecule has 2 bridgehead atoms. The van der Waals surface area contributed by atoms with Gasteiger partial charge in [0, 0.05) is 0 Å². The van der Waals surface area contributed by atoms with Crippen molar-refractivity contribution < 1.29 is 0 Å². The lowest BCUT2D eigenvalue weighted by Crippen LogP contribution is -2.33. The average Bonchev–Trinajstić information content (AvgIpc) is 3.14. The van der Waals surface area contributed by atoms with E-state index in [2.05, 4.69) is 43.3 Å². The molecule has 0 amide bonds. The van der Waals surface area contributed by atoms with Crippen molar-refractivity contribution in [3.8, 4) is 0 Å². The molecule has 118 valence electrons. The van der Waals surface area contributed by atoms with Crippen LogP contribution in [0, 0.1) is 11.3 Å². The first-order valence-corrected chi connectivity index (χ1v) is 9.48. The van der Waals surface area contributed by atoms with Gasteiger partial charge in [-0.1, -0.05) is 55.3 Å². The summed E-state index contributed by atoms with van der Waals surface area (Å²) in [6.07, 6.45) is 13.2. The molecule has 2 aromatic rings. The van der Waals surface area contributed by atoms with Gasteiger partial charge in [-0.25, -0.2) is 0 Å². The maximum Gasteiger partial charge on any atom is -0.0178 e. The SMILES string of the molecule is CCCc1ccc2cc3c(cc2c1)CC1(CC3)CC2=CCC1C2. The molecule has 3 aliphatic rings. The summed E-state index contributed by atoms with van der Waals surface area (Å²) in [4.78, 5) is 0. The molecule has 23 heavy (non-hydrogen) atoms. The Balaban J connectivity index is 1.55. The molecule has 0 N–H and O–H groups in total. The van der Waals surface area contributed by atoms with Crippen molar-refractivity contribution >= 4 is 10.8 Å². The lowest BCUT2D eigenvalue weighted by Gasteiger charge is -2.40. The number of benzene rings is 2. The molecule has 5 rings (SSSR count). The summed E-state index contributed by atoms with van der Waals surface area (Å²) in [6, 6.07) is 12.1. The highest BCUT2D eigenvalue weighted by atomic mass is 14.5. The van der Waals surface area contributed by atoms with Gasteiger partial charge in [-0.3, -0.25) is 0 Å². The Morgan fingerprint density at radius 3 is 2.74 bits per heavy atom. The maximum absolute atomic E-state index is 2.53. The van der Waals surface area contributed by atoms with Crippen molar-refractivity contribution in [1.82, 2.24) is 0 Å². The first kappa shape index (κ1) is 13.8. The van der Waals surface area contributed by atoms with Gasteiger partial charge >= 0.3 is 0 Å². The van der Waals surface area contributed by atoms with Gasteiger partial charge in [-0.05, 0) is 83.7 Å². The monoisotopic (exact) mass is 302 g/mol. The van der Waals surface area contributed by atoms with Crippen LogP contribution < -0.4 is 0 Å². The maximum atomic E-state index is 2.53. The summed E-state index contributed by atoms with van der Waals surface area (Å²) >= 11 is 0. The Labute approximate surface area is 139 Å². The van der Waals surface area contributed by atoms with Gasteiger partial charge in [0.1, 0.15) is 0 Å². The van der Waals surface area contributed by atoms with E-state index >= 15 is 0 Å². The summed E-state index contributed by atoms with van der Waals surface area (Å²) in [6.45, 7) is 2.27. The second kappa shape index (κ2) is 4.97. The standard InChI is InChI=1S/C23H26/c1-2-3-16-4-6-18-12-19-8-9-23(14-17-5-7-22(23)11-17)15-21(19)13-20(18)10-16/h4-6,10,12-13,22H,2-3,7-9,11,14-15H2,1H3. The highest BCUT2D eigenvalue weighted by Crippen LogP contribution is 2.58. The third-order valence-electron chi connectivity index (χ3n) is 6.84. The van der Waals surface area contributed by atoms with Gasteiger partial charge in [0.15, 0.2) is 0 Å². The number of allylic oxidation sites excluding steroid dienone is 2. The van der Waals surface area contributed by atoms with Crippen LogP contribution in [0.4, 0.5) is 0 Å². The Kier molecular flexibility index (Phi) is 2.99. The van der Waals surface area contributed by atoms with E-state index in [0.717, 1.165) is 5.92 Å². The van der Waals surface area contributed by atoms with Crippen LogP contribution in [0.3, 0.4) is 0 Å². The van der Waals surface area contributed by atoms with E-state index in [1.54, 1.807) is 16.7 Å². The first-order valence-electron chi connectivity index (χ1n) is 9.48. The van der Waals surface area contributed by atoms with E-state index in [9.17, 15) is 0 Å². The fraction of sp³-hybridized carbons (Fsp3) is 0.478. The van der Waals surface area contributed by atoms with E-state index < -0.39 is 0 Å². The van der Waals surface area contributed by atoms with Crippen molar-refractivity contribution in [2.24, 2.45) is 11.3 Å². The molecule has 0 radical (unpaired) electrons. The molecule has 1 spiro atoms.